The van der Waals surface area contributed by atoms with Crippen LogP contribution in [-0.4, -0.2) is 22.9 Å². The topological polar surface area (TPSA) is 66.9 Å². The maximum atomic E-state index is 12.4. The summed E-state index contributed by atoms with van der Waals surface area (Å²) in [5, 5.41) is 5.98. The first-order chi connectivity index (χ1) is 10.1. The molecular formula is C16H20N4O. The Morgan fingerprint density at radius 3 is 2.62 bits per heavy atom. The minimum atomic E-state index is -0.104. The van der Waals surface area contributed by atoms with Crippen molar-refractivity contribution in [1.82, 2.24) is 15.3 Å². The van der Waals surface area contributed by atoms with Crippen molar-refractivity contribution < 1.29 is 4.79 Å². The van der Waals surface area contributed by atoms with Gasteiger partial charge in [0.25, 0.3) is 5.91 Å². The minimum absolute atomic E-state index is 0.0724. The molecule has 110 valence electrons. The first-order valence-electron chi connectivity index (χ1n) is 7.03. The molecule has 5 nitrogen and oxygen atoms in total. The molecule has 0 aliphatic carbocycles. The van der Waals surface area contributed by atoms with Crippen LogP contribution in [0.2, 0.25) is 0 Å². The van der Waals surface area contributed by atoms with E-state index in [0.29, 0.717) is 11.4 Å². The summed E-state index contributed by atoms with van der Waals surface area (Å²) in [6.07, 6.45) is 4.23. The molecule has 5 heteroatoms. The van der Waals surface area contributed by atoms with Gasteiger partial charge in [-0.2, -0.15) is 0 Å². The van der Waals surface area contributed by atoms with Gasteiger partial charge in [0, 0.05) is 30.7 Å². The van der Waals surface area contributed by atoms with Gasteiger partial charge < -0.3 is 10.6 Å². The molecule has 1 unspecified atom stereocenters. The third-order valence-corrected chi connectivity index (χ3v) is 3.31. The highest BCUT2D eigenvalue weighted by Crippen LogP contribution is 2.14. The maximum absolute atomic E-state index is 12.4. The predicted molar refractivity (Wildman–Crippen MR) is 83.3 cm³/mol. The Labute approximate surface area is 124 Å². The third-order valence-electron chi connectivity index (χ3n) is 3.31. The molecule has 0 saturated carbocycles. The SMILES string of the molecule is CCc1cc(C(=O)NC(C)c2ccncc2)cc(NC)n1. The van der Waals surface area contributed by atoms with E-state index in [1.165, 1.54) is 0 Å². The number of hydrogen-bond acceptors (Lipinski definition) is 4. The number of anilines is 1. The van der Waals surface area contributed by atoms with Crippen molar-refractivity contribution >= 4 is 11.7 Å². The van der Waals surface area contributed by atoms with E-state index < -0.39 is 0 Å². The molecule has 2 rings (SSSR count). The third kappa shape index (κ3) is 3.78. The van der Waals surface area contributed by atoms with Crippen LogP contribution in [-0.2, 0) is 6.42 Å². The van der Waals surface area contributed by atoms with Crippen molar-refractivity contribution in [3.63, 3.8) is 0 Å². The van der Waals surface area contributed by atoms with E-state index in [9.17, 15) is 4.79 Å². The van der Waals surface area contributed by atoms with Crippen molar-refractivity contribution in [3.05, 3.63) is 53.5 Å². The monoisotopic (exact) mass is 284 g/mol. The Morgan fingerprint density at radius 1 is 1.29 bits per heavy atom. The van der Waals surface area contributed by atoms with Gasteiger partial charge in [0.1, 0.15) is 5.82 Å². The molecule has 1 amide bonds. The van der Waals surface area contributed by atoms with E-state index >= 15 is 0 Å². The lowest BCUT2D eigenvalue weighted by molar-refractivity contribution is 0.0939. The smallest absolute Gasteiger partial charge is 0.251 e. The number of carbonyl (C=O) groups is 1. The van der Waals surface area contributed by atoms with E-state index in [0.717, 1.165) is 17.7 Å². The van der Waals surface area contributed by atoms with Gasteiger partial charge >= 0.3 is 0 Å². The number of aromatic nitrogens is 2. The van der Waals surface area contributed by atoms with E-state index in [-0.39, 0.29) is 11.9 Å². The summed E-state index contributed by atoms with van der Waals surface area (Å²) in [6, 6.07) is 7.31. The van der Waals surface area contributed by atoms with Gasteiger partial charge in [0.05, 0.1) is 6.04 Å². The average molecular weight is 284 g/mol. The molecule has 2 aromatic rings. The number of pyridine rings is 2. The summed E-state index contributed by atoms with van der Waals surface area (Å²) in [5.41, 5.74) is 2.53. The summed E-state index contributed by atoms with van der Waals surface area (Å²) in [5.74, 6) is 0.601. The highest BCUT2D eigenvalue weighted by Gasteiger charge is 2.13. The molecule has 2 N–H and O–H groups in total. The highest BCUT2D eigenvalue weighted by molar-refractivity contribution is 5.95. The van der Waals surface area contributed by atoms with Crippen LogP contribution in [0.5, 0.6) is 0 Å². The first kappa shape index (κ1) is 15.0. The summed E-state index contributed by atoms with van der Waals surface area (Å²) < 4.78 is 0. The Balaban J connectivity index is 2.16. The molecule has 2 aromatic heterocycles. The zero-order valence-electron chi connectivity index (χ0n) is 12.6. The van der Waals surface area contributed by atoms with Crippen LogP contribution in [0.1, 0.15) is 41.5 Å². The van der Waals surface area contributed by atoms with E-state index in [2.05, 4.69) is 20.6 Å². The number of carbonyl (C=O) groups excluding carboxylic acids is 1. The lowest BCUT2D eigenvalue weighted by Gasteiger charge is -2.15. The average Bonchev–Trinajstić information content (AvgIpc) is 2.54. The summed E-state index contributed by atoms with van der Waals surface area (Å²) in [4.78, 5) is 20.8. The van der Waals surface area contributed by atoms with Gasteiger partial charge in [0.2, 0.25) is 0 Å². The van der Waals surface area contributed by atoms with Gasteiger partial charge in [-0.3, -0.25) is 9.78 Å². The number of hydrogen-bond donors (Lipinski definition) is 2. The molecule has 0 bridgehead atoms. The number of nitrogens with one attached hydrogen (secondary N) is 2. The molecule has 1 atom stereocenters. The van der Waals surface area contributed by atoms with Crippen LogP contribution in [0.3, 0.4) is 0 Å². The van der Waals surface area contributed by atoms with Crippen LogP contribution < -0.4 is 10.6 Å². The van der Waals surface area contributed by atoms with Crippen LogP contribution in [0, 0.1) is 0 Å². The molecule has 0 aromatic carbocycles. The second kappa shape index (κ2) is 6.83. The van der Waals surface area contributed by atoms with Gasteiger partial charge in [-0.1, -0.05) is 6.92 Å². The second-order valence-corrected chi connectivity index (χ2v) is 4.81. The fourth-order valence-electron chi connectivity index (χ4n) is 2.04. The van der Waals surface area contributed by atoms with Gasteiger partial charge in [-0.15, -0.1) is 0 Å². The van der Waals surface area contributed by atoms with Crippen molar-refractivity contribution in [2.24, 2.45) is 0 Å². The molecule has 0 aliphatic heterocycles. The highest BCUT2D eigenvalue weighted by atomic mass is 16.1. The number of amides is 1. The summed E-state index contributed by atoms with van der Waals surface area (Å²) in [6.45, 7) is 3.97. The van der Waals surface area contributed by atoms with E-state index in [4.69, 9.17) is 0 Å². The number of nitrogens with zero attached hydrogens (tertiary/aromatic N) is 2. The second-order valence-electron chi connectivity index (χ2n) is 4.81. The van der Waals surface area contributed by atoms with Gasteiger partial charge in [-0.05, 0) is 43.2 Å². The van der Waals surface area contributed by atoms with Crippen LogP contribution in [0.4, 0.5) is 5.82 Å². The van der Waals surface area contributed by atoms with Crippen LogP contribution >= 0.6 is 0 Å². The largest absolute Gasteiger partial charge is 0.373 e. The van der Waals surface area contributed by atoms with Crippen molar-refractivity contribution in [1.29, 1.82) is 0 Å². The molecule has 0 fully saturated rings. The lowest BCUT2D eigenvalue weighted by atomic mass is 10.1. The van der Waals surface area contributed by atoms with Crippen LogP contribution in [0.15, 0.2) is 36.7 Å². The number of rotatable bonds is 5. The minimum Gasteiger partial charge on any atom is -0.373 e. The molecule has 0 spiro atoms. The molecule has 0 aliphatic rings. The molecule has 0 radical (unpaired) electrons. The van der Waals surface area contributed by atoms with Crippen molar-refractivity contribution in [2.45, 2.75) is 26.3 Å². The summed E-state index contributed by atoms with van der Waals surface area (Å²) >= 11 is 0. The van der Waals surface area contributed by atoms with Gasteiger partial charge in [0.15, 0.2) is 0 Å². The Bertz CT molecular complexity index is 591. The molecule has 0 saturated heterocycles. The predicted octanol–water partition coefficient (Wildman–Crippen LogP) is 2.57. The fraction of sp³-hybridized carbons (Fsp3) is 0.312. The Hall–Kier alpha value is -2.43. The standard InChI is InChI=1S/C16H20N4O/c1-4-14-9-13(10-15(17-3)20-14)16(21)19-11(2)12-5-7-18-8-6-12/h5-11H,4H2,1-3H3,(H,17,20)(H,19,21). The Morgan fingerprint density at radius 2 is 2.00 bits per heavy atom. The molecule has 2 heterocycles. The number of aryl methyl sites for hydroxylation is 1. The fourth-order valence-corrected chi connectivity index (χ4v) is 2.04. The zero-order chi connectivity index (χ0) is 15.2. The molecular weight excluding hydrogens is 264 g/mol. The zero-order valence-corrected chi connectivity index (χ0v) is 12.6. The lowest BCUT2D eigenvalue weighted by Crippen LogP contribution is -2.27. The normalized spacial score (nSPS) is 11.8. The quantitative estimate of drug-likeness (QED) is 0.885. The van der Waals surface area contributed by atoms with E-state index in [1.54, 1.807) is 25.5 Å². The molecule has 21 heavy (non-hydrogen) atoms. The van der Waals surface area contributed by atoms with Gasteiger partial charge in [-0.25, -0.2) is 4.98 Å². The van der Waals surface area contributed by atoms with Crippen molar-refractivity contribution in [2.75, 3.05) is 12.4 Å². The maximum Gasteiger partial charge on any atom is 0.251 e. The Kier molecular flexibility index (Phi) is 4.87. The first-order valence-corrected chi connectivity index (χ1v) is 7.03. The van der Waals surface area contributed by atoms with E-state index in [1.807, 2.05) is 32.0 Å². The van der Waals surface area contributed by atoms with Crippen molar-refractivity contribution in [3.8, 4) is 0 Å². The summed E-state index contributed by atoms with van der Waals surface area (Å²) in [7, 11) is 1.79. The van der Waals surface area contributed by atoms with Crippen LogP contribution in [0.25, 0.3) is 0 Å².